The third-order valence-corrected chi connectivity index (χ3v) is 5.69. The Balaban J connectivity index is 2.33. The Morgan fingerprint density at radius 1 is 1.40 bits per heavy atom. The van der Waals surface area contributed by atoms with Crippen molar-refractivity contribution < 1.29 is 8.42 Å². The van der Waals surface area contributed by atoms with Gasteiger partial charge < -0.3 is 0 Å². The molecule has 0 spiro atoms. The zero-order chi connectivity index (χ0) is 14.6. The van der Waals surface area contributed by atoms with E-state index < -0.39 is 10.0 Å². The number of rotatable bonds is 3. The van der Waals surface area contributed by atoms with Gasteiger partial charge in [-0.15, -0.1) is 0 Å². The predicted molar refractivity (Wildman–Crippen MR) is 75.4 cm³/mol. The van der Waals surface area contributed by atoms with Gasteiger partial charge in [-0.3, -0.25) is 0 Å². The maximum atomic E-state index is 12.7. The van der Waals surface area contributed by atoms with Crippen molar-refractivity contribution in [3.8, 4) is 6.07 Å². The highest BCUT2D eigenvalue weighted by Crippen LogP contribution is 2.26. The van der Waals surface area contributed by atoms with E-state index in [0.717, 1.165) is 32.1 Å². The van der Waals surface area contributed by atoms with E-state index in [1.54, 1.807) is 4.31 Å². The quantitative estimate of drug-likeness (QED) is 0.857. The Bertz CT molecular complexity index is 590. The standard InChI is InChI=1S/C14H19N3O2S/c1-2-13-6-4-3-5-9-17(13)20(18,19)14-8-7-12(10-15)16-11-14/h7-8,11,13H,2-6,9H2,1H3. The first-order valence-electron chi connectivity index (χ1n) is 6.97. The molecule has 1 aromatic heterocycles. The Hall–Kier alpha value is -1.45. The second kappa shape index (κ2) is 6.33. The fourth-order valence-corrected chi connectivity index (χ4v) is 4.32. The number of sulfonamides is 1. The largest absolute Gasteiger partial charge is 0.244 e. The van der Waals surface area contributed by atoms with Gasteiger partial charge in [0.1, 0.15) is 16.7 Å². The van der Waals surface area contributed by atoms with Crippen LogP contribution < -0.4 is 0 Å². The van der Waals surface area contributed by atoms with Gasteiger partial charge in [-0.1, -0.05) is 19.8 Å². The fraction of sp³-hybridized carbons (Fsp3) is 0.571. The summed E-state index contributed by atoms with van der Waals surface area (Å²) in [6, 6.07) is 4.88. The number of nitrogens with zero attached hydrogens (tertiary/aromatic N) is 3. The lowest BCUT2D eigenvalue weighted by molar-refractivity contribution is 0.315. The molecule has 1 atom stereocenters. The van der Waals surface area contributed by atoms with Crippen LogP contribution in [0.5, 0.6) is 0 Å². The lowest BCUT2D eigenvalue weighted by Crippen LogP contribution is -2.39. The lowest BCUT2D eigenvalue weighted by Gasteiger charge is -2.28. The molecule has 20 heavy (non-hydrogen) atoms. The van der Waals surface area contributed by atoms with Gasteiger partial charge >= 0.3 is 0 Å². The Kier molecular flexibility index (Phi) is 4.73. The molecule has 0 N–H and O–H groups in total. The van der Waals surface area contributed by atoms with Crippen molar-refractivity contribution in [2.24, 2.45) is 0 Å². The van der Waals surface area contributed by atoms with E-state index in [1.807, 2.05) is 13.0 Å². The molecule has 1 aliphatic heterocycles. The van der Waals surface area contributed by atoms with E-state index in [2.05, 4.69) is 4.98 Å². The molecule has 108 valence electrons. The Morgan fingerprint density at radius 3 is 2.80 bits per heavy atom. The molecular formula is C14H19N3O2S. The highest BCUT2D eigenvalue weighted by Gasteiger charge is 2.31. The second-order valence-electron chi connectivity index (χ2n) is 5.02. The van der Waals surface area contributed by atoms with Crippen LogP contribution in [0.3, 0.4) is 0 Å². The first-order valence-corrected chi connectivity index (χ1v) is 8.41. The van der Waals surface area contributed by atoms with E-state index in [4.69, 9.17) is 5.26 Å². The summed E-state index contributed by atoms with van der Waals surface area (Å²) in [5, 5.41) is 8.72. The van der Waals surface area contributed by atoms with Gasteiger partial charge in [0.15, 0.2) is 0 Å². The van der Waals surface area contributed by atoms with Crippen LogP contribution in [0.4, 0.5) is 0 Å². The maximum Gasteiger partial charge on any atom is 0.244 e. The number of aromatic nitrogens is 1. The second-order valence-corrected chi connectivity index (χ2v) is 6.91. The normalized spacial score (nSPS) is 21.1. The Morgan fingerprint density at radius 2 is 2.20 bits per heavy atom. The van der Waals surface area contributed by atoms with E-state index in [9.17, 15) is 8.42 Å². The van der Waals surface area contributed by atoms with Gasteiger partial charge in [0.05, 0.1) is 0 Å². The van der Waals surface area contributed by atoms with Crippen molar-refractivity contribution in [2.75, 3.05) is 6.54 Å². The summed E-state index contributed by atoms with van der Waals surface area (Å²) in [6.45, 7) is 2.59. The van der Waals surface area contributed by atoms with Crippen molar-refractivity contribution in [3.05, 3.63) is 24.0 Å². The van der Waals surface area contributed by atoms with Crippen LogP contribution in [0.1, 0.15) is 44.7 Å². The first-order chi connectivity index (χ1) is 9.59. The van der Waals surface area contributed by atoms with Crippen LogP contribution in [-0.4, -0.2) is 30.3 Å². The molecule has 1 fully saturated rings. The average molecular weight is 293 g/mol. The van der Waals surface area contributed by atoms with Gasteiger partial charge in [-0.2, -0.15) is 9.57 Å². The van der Waals surface area contributed by atoms with Crippen molar-refractivity contribution in [1.82, 2.24) is 9.29 Å². The van der Waals surface area contributed by atoms with Gasteiger partial charge in [-0.25, -0.2) is 13.4 Å². The summed E-state index contributed by atoms with van der Waals surface area (Å²) in [7, 11) is -3.51. The van der Waals surface area contributed by atoms with Crippen molar-refractivity contribution >= 4 is 10.0 Å². The number of hydrogen-bond donors (Lipinski definition) is 0. The van der Waals surface area contributed by atoms with E-state index in [0.29, 0.717) is 6.54 Å². The molecule has 0 radical (unpaired) electrons. The lowest BCUT2D eigenvalue weighted by atomic mass is 10.1. The van der Waals surface area contributed by atoms with Crippen LogP contribution >= 0.6 is 0 Å². The SMILES string of the molecule is CCC1CCCCCN1S(=O)(=O)c1ccc(C#N)nc1. The fourth-order valence-electron chi connectivity index (χ4n) is 2.61. The molecule has 1 aromatic rings. The maximum absolute atomic E-state index is 12.7. The third-order valence-electron chi connectivity index (χ3n) is 3.75. The minimum atomic E-state index is -3.51. The third kappa shape index (κ3) is 3.00. The van der Waals surface area contributed by atoms with Crippen LogP contribution in [-0.2, 0) is 10.0 Å². The van der Waals surface area contributed by atoms with Crippen LogP contribution in [0.2, 0.25) is 0 Å². The molecule has 1 saturated heterocycles. The molecule has 2 heterocycles. The van der Waals surface area contributed by atoms with E-state index in [-0.39, 0.29) is 16.6 Å². The summed E-state index contributed by atoms with van der Waals surface area (Å²) in [5.74, 6) is 0. The molecule has 6 heteroatoms. The van der Waals surface area contributed by atoms with Crippen molar-refractivity contribution in [1.29, 1.82) is 5.26 Å². The molecule has 1 aliphatic rings. The average Bonchev–Trinajstić information content (AvgIpc) is 2.73. The summed E-state index contributed by atoms with van der Waals surface area (Å²) in [5.41, 5.74) is 0.229. The molecule has 5 nitrogen and oxygen atoms in total. The summed E-state index contributed by atoms with van der Waals surface area (Å²) >= 11 is 0. The number of nitriles is 1. The van der Waals surface area contributed by atoms with Gasteiger partial charge in [0, 0.05) is 18.8 Å². The number of hydrogen-bond acceptors (Lipinski definition) is 4. The molecular weight excluding hydrogens is 274 g/mol. The zero-order valence-corrected chi connectivity index (χ0v) is 12.4. The highest BCUT2D eigenvalue weighted by atomic mass is 32.2. The Labute approximate surface area is 120 Å². The van der Waals surface area contributed by atoms with Gasteiger partial charge in [-0.05, 0) is 31.4 Å². The van der Waals surface area contributed by atoms with Crippen LogP contribution in [0, 0.1) is 11.3 Å². The van der Waals surface area contributed by atoms with Crippen molar-refractivity contribution in [3.63, 3.8) is 0 Å². The minimum absolute atomic E-state index is 0.0677. The van der Waals surface area contributed by atoms with Crippen molar-refractivity contribution in [2.45, 2.75) is 50.0 Å². The first kappa shape index (κ1) is 14.9. The monoisotopic (exact) mass is 293 g/mol. The minimum Gasteiger partial charge on any atom is -0.244 e. The predicted octanol–water partition coefficient (Wildman–Crippen LogP) is 2.30. The molecule has 0 bridgehead atoms. The molecule has 1 unspecified atom stereocenters. The zero-order valence-electron chi connectivity index (χ0n) is 11.6. The summed E-state index contributed by atoms with van der Waals surface area (Å²) in [6.07, 6.45) is 6.08. The molecule has 2 rings (SSSR count). The summed E-state index contributed by atoms with van der Waals surface area (Å²) in [4.78, 5) is 4.04. The molecule has 0 amide bonds. The number of pyridine rings is 1. The smallest absolute Gasteiger partial charge is 0.244 e. The molecule has 0 saturated carbocycles. The van der Waals surface area contributed by atoms with Crippen LogP contribution in [0.25, 0.3) is 0 Å². The van der Waals surface area contributed by atoms with Gasteiger partial charge in [0.2, 0.25) is 10.0 Å². The van der Waals surface area contributed by atoms with Gasteiger partial charge in [0.25, 0.3) is 0 Å². The molecule has 0 aliphatic carbocycles. The molecule has 0 aromatic carbocycles. The van der Waals surface area contributed by atoms with Crippen LogP contribution in [0.15, 0.2) is 23.2 Å². The van der Waals surface area contributed by atoms with E-state index >= 15 is 0 Å². The highest BCUT2D eigenvalue weighted by molar-refractivity contribution is 7.89. The summed E-state index contributed by atoms with van der Waals surface area (Å²) < 4.78 is 27.0. The van der Waals surface area contributed by atoms with E-state index in [1.165, 1.54) is 18.3 Å². The topological polar surface area (TPSA) is 74.1 Å².